The summed E-state index contributed by atoms with van der Waals surface area (Å²) in [5.41, 5.74) is 2.85. The van der Waals surface area contributed by atoms with Crippen LogP contribution in [0.2, 0.25) is 0 Å². The molecule has 1 rings (SSSR count). The number of rotatable bonds is 8. The van der Waals surface area contributed by atoms with Gasteiger partial charge in [-0.2, -0.15) is 0 Å². The lowest BCUT2D eigenvalue weighted by molar-refractivity contribution is 0.302. The molecule has 0 fully saturated rings. The molecule has 0 bridgehead atoms. The fourth-order valence-electron chi connectivity index (χ4n) is 3.43. The molecule has 142 valence electrons. The van der Waals surface area contributed by atoms with Gasteiger partial charge < -0.3 is 19.3 Å². The van der Waals surface area contributed by atoms with Crippen LogP contribution in [0.4, 0.5) is 0 Å². The number of ether oxygens (including phenoxy) is 3. The van der Waals surface area contributed by atoms with Crippen molar-refractivity contribution in [3.8, 4) is 23.0 Å². The van der Waals surface area contributed by atoms with Gasteiger partial charge in [-0.05, 0) is 38.0 Å². The third kappa shape index (κ3) is 4.62. The van der Waals surface area contributed by atoms with E-state index in [1.807, 2.05) is 6.92 Å². The minimum atomic E-state index is -0.231. The van der Waals surface area contributed by atoms with Crippen molar-refractivity contribution in [2.24, 2.45) is 5.92 Å². The number of hydrogen-bond acceptors (Lipinski definition) is 4. The lowest BCUT2D eigenvalue weighted by atomic mass is 9.77. The molecule has 0 radical (unpaired) electrons. The number of allylic oxidation sites excluding steroid dienone is 2. The Morgan fingerprint density at radius 2 is 1.56 bits per heavy atom. The van der Waals surface area contributed by atoms with Gasteiger partial charge in [0.15, 0.2) is 11.5 Å². The molecule has 4 heteroatoms. The first-order valence-corrected chi connectivity index (χ1v) is 8.78. The maximum absolute atomic E-state index is 10.6. The van der Waals surface area contributed by atoms with Crippen LogP contribution in [0, 0.1) is 12.8 Å². The molecule has 0 saturated heterocycles. The van der Waals surface area contributed by atoms with Crippen LogP contribution in [-0.2, 0) is 5.41 Å². The van der Waals surface area contributed by atoms with Crippen molar-refractivity contribution in [3.63, 3.8) is 0 Å². The minimum absolute atomic E-state index is 0.103. The third-order valence-corrected chi connectivity index (χ3v) is 4.57. The van der Waals surface area contributed by atoms with Crippen molar-refractivity contribution in [3.05, 3.63) is 22.8 Å². The van der Waals surface area contributed by atoms with E-state index < -0.39 is 0 Å². The van der Waals surface area contributed by atoms with Gasteiger partial charge in [0.1, 0.15) is 0 Å². The van der Waals surface area contributed by atoms with E-state index in [-0.39, 0.29) is 11.2 Å². The van der Waals surface area contributed by atoms with E-state index in [2.05, 4.69) is 40.7 Å². The summed E-state index contributed by atoms with van der Waals surface area (Å²) in [7, 11) is 4.69. The number of benzene rings is 1. The highest BCUT2D eigenvalue weighted by Gasteiger charge is 2.33. The highest BCUT2D eigenvalue weighted by Crippen LogP contribution is 2.52. The topological polar surface area (TPSA) is 47.9 Å². The summed E-state index contributed by atoms with van der Waals surface area (Å²) in [6, 6.07) is 0. The molecule has 4 nitrogen and oxygen atoms in total. The van der Waals surface area contributed by atoms with E-state index in [1.165, 1.54) is 12.7 Å². The normalized spacial score (nSPS) is 12.5. The molecular weight excluding hydrogens is 316 g/mol. The van der Waals surface area contributed by atoms with E-state index in [4.69, 9.17) is 14.2 Å². The Hall–Kier alpha value is -1.84. The van der Waals surface area contributed by atoms with Crippen molar-refractivity contribution in [2.75, 3.05) is 21.3 Å². The summed E-state index contributed by atoms with van der Waals surface area (Å²) in [5, 5.41) is 10.6. The van der Waals surface area contributed by atoms with Gasteiger partial charge in [-0.3, -0.25) is 0 Å². The molecule has 1 aromatic rings. The monoisotopic (exact) mass is 350 g/mol. The first-order chi connectivity index (χ1) is 11.6. The van der Waals surface area contributed by atoms with Crippen LogP contribution in [0.15, 0.2) is 11.6 Å². The van der Waals surface area contributed by atoms with Crippen molar-refractivity contribution in [1.82, 2.24) is 0 Å². The van der Waals surface area contributed by atoms with Crippen molar-refractivity contribution in [1.29, 1.82) is 0 Å². The summed E-state index contributed by atoms with van der Waals surface area (Å²) in [6.07, 6.45) is 4.22. The minimum Gasteiger partial charge on any atom is -0.504 e. The maximum Gasteiger partial charge on any atom is 0.207 e. The largest absolute Gasteiger partial charge is 0.504 e. The average molecular weight is 350 g/mol. The summed E-state index contributed by atoms with van der Waals surface area (Å²) in [6.45, 7) is 12.8. The molecule has 0 spiro atoms. The maximum atomic E-state index is 10.6. The molecule has 25 heavy (non-hydrogen) atoms. The smallest absolute Gasteiger partial charge is 0.207 e. The Balaban J connectivity index is 3.46. The molecular formula is C21H34O4. The first kappa shape index (κ1) is 21.2. The Morgan fingerprint density at radius 1 is 1.04 bits per heavy atom. The Bertz CT molecular complexity index is 628. The number of aromatic hydroxyl groups is 1. The molecule has 0 aliphatic carbocycles. The van der Waals surface area contributed by atoms with E-state index in [9.17, 15) is 5.11 Å². The Morgan fingerprint density at radius 3 is 2.00 bits per heavy atom. The third-order valence-electron chi connectivity index (χ3n) is 4.57. The van der Waals surface area contributed by atoms with Crippen LogP contribution in [0.5, 0.6) is 23.0 Å². The Kier molecular flexibility index (Phi) is 7.21. The average Bonchev–Trinajstić information content (AvgIpc) is 2.53. The zero-order valence-electron chi connectivity index (χ0n) is 17.2. The molecule has 0 atom stereocenters. The molecule has 1 aromatic carbocycles. The van der Waals surface area contributed by atoms with Crippen LogP contribution >= 0.6 is 0 Å². The van der Waals surface area contributed by atoms with Gasteiger partial charge >= 0.3 is 0 Å². The highest BCUT2D eigenvalue weighted by molar-refractivity contribution is 5.68. The van der Waals surface area contributed by atoms with Gasteiger partial charge in [0.2, 0.25) is 11.5 Å². The summed E-state index contributed by atoms with van der Waals surface area (Å²) in [4.78, 5) is 0. The summed E-state index contributed by atoms with van der Waals surface area (Å²) >= 11 is 0. The summed E-state index contributed by atoms with van der Waals surface area (Å²) in [5.74, 6) is 2.10. The molecule has 0 aliphatic rings. The number of methoxy groups -OCH3 is 3. The quantitative estimate of drug-likeness (QED) is 0.639. The standard InChI is InChI=1S/C21H34O4/c1-13(2)12-14(3)10-11-21(5,6)16-15(4)17(22)19(24-8)20(25-9)18(16)23-7/h10,13,22H,11-12H2,1-9H3/b14-10+. The SMILES string of the molecule is COc1c(O)c(C)c(C(C)(C)C/C=C(\C)CC(C)C)c(OC)c1OC. The Labute approximate surface area is 152 Å². The van der Waals surface area contributed by atoms with Crippen molar-refractivity contribution >= 4 is 0 Å². The molecule has 0 aromatic heterocycles. The van der Waals surface area contributed by atoms with Gasteiger partial charge in [-0.25, -0.2) is 0 Å². The second-order valence-electron chi connectivity index (χ2n) is 7.68. The van der Waals surface area contributed by atoms with Gasteiger partial charge in [-0.1, -0.05) is 39.3 Å². The van der Waals surface area contributed by atoms with E-state index in [0.717, 1.165) is 24.0 Å². The zero-order valence-corrected chi connectivity index (χ0v) is 17.2. The summed E-state index contributed by atoms with van der Waals surface area (Å²) < 4.78 is 16.5. The van der Waals surface area contributed by atoms with Crippen LogP contribution in [0.25, 0.3) is 0 Å². The molecule has 0 amide bonds. The first-order valence-electron chi connectivity index (χ1n) is 8.78. The number of hydrogen-bond donors (Lipinski definition) is 1. The van der Waals surface area contributed by atoms with E-state index >= 15 is 0 Å². The fraction of sp³-hybridized carbons (Fsp3) is 0.619. The second kappa shape index (κ2) is 8.50. The van der Waals surface area contributed by atoms with Crippen LogP contribution < -0.4 is 14.2 Å². The van der Waals surface area contributed by atoms with Crippen molar-refractivity contribution < 1.29 is 19.3 Å². The second-order valence-corrected chi connectivity index (χ2v) is 7.68. The number of phenolic OH excluding ortho intramolecular Hbond substituents is 1. The molecule has 0 aliphatic heterocycles. The molecule has 0 saturated carbocycles. The molecule has 0 heterocycles. The van der Waals surface area contributed by atoms with Crippen molar-refractivity contribution in [2.45, 2.75) is 59.8 Å². The highest BCUT2D eigenvalue weighted by atomic mass is 16.5. The van der Waals surface area contributed by atoms with Crippen LogP contribution in [0.1, 0.15) is 58.6 Å². The van der Waals surface area contributed by atoms with E-state index in [0.29, 0.717) is 23.2 Å². The van der Waals surface area contributed by atoms with Gasteiger partial charge in [-0.15, -0.1) is 0 Å². The zero-order chi connectivity index (χ0) is 19.4. The van der Waals surface area contributed by atoms with Gasteiger partial charge in [0.05, 0.1) is 21.3 Å². The lowest BCUT2D eigenvalue weighted by Gasteiger charge is -2.30. The molecule has 1 N–H and O–H groups in total. The lowest BCUT2D eigenvalue weighted by Crippen LogP contribution is -2.20. The number of phenols is 1. The van der Waals surface area contributed by atoms with E-state index in [1.54, 1.807) is 14.2 Å². The predicted molar refractivity (Wildman–Crippen MR) is 103 cm³/mol. The fourth-order valence-corrected chi connectivity index (χ4v) is 3.43. The predicted octanol–water partition coefficient (Wildman–Crippen LogP) is 5.39. The molecule has 0 unspecified atom stereocenters. The van der Waals surface area contributed by atoms with Crippen LogP contribution in [0.3, 0.4) is 0 Å². The van der Waals surface area contributed by atoms with Crippen LogP contribution in [-0.4, -0.2) is 26.4 Å². The van der Waals surface area contributed by atoms with Gasteiger partial charge in [0.25, 0.3) is 0 Å². The van der Waals surface area contributed by atoms with Gasteiger partial charge in [0, 0.05) is 11.1 Å².